The van der Waals surface area contributed by atoms with E-state index in [1.54, 1.807) is 4.57 Å². The van der Waals surface area contributed by atoms with E-state index in [-0.39, 0.29) is 94.0 Å². The van der Waals surface area contributed by atoms with Crippen molar-refractivity contribution in [2.45, 2.75) is 196 Å². The Morgan fingerprint density at radius 2 is 1.39 bits per heavy atom. The van der Waals surface area contributed by atoms with Crippen molar-refractivity contribution in [3.8, 4) is 0 Å². The van der Waals surface area contributed by atoms with Crippen LogP contribution in [0.25, 0.3) is 11.0 Å². The number of carbonyl (C=O) groups is 8. The van der Waals surface area contributed by atoms with Crippen LogP contribution in [0.3, 0.4) is 0 Å². The van der Waals surface area contributed by atoms with E-state index < -0.39 is 143 Å². The topological polar surface area (TPSA) is 477 Å². The number of aliphatic hydroxyl groups excluding tert-OH is 2. The molecule has 6 aliphatic heterocycles. The molecule has 0 aliphatic carbocycles. The quantitative estimate of drug-likeness (QED) is 0.0475. The number of aromatic nitrogens is 2. The summed E-state index contributed by atoms with van der Waals surface area (Å²) in [5.41, 5.74) is 37.4. The molecule has 1 radical (unpaired) electrons. The zero-order valence-electron chi connectivity index (χ0n) is 55.6. The van der Waals surface area contributed by atoms with E-state index in [0.29, 0.717) is 56.4 Å². The Hall–Kier alpha value is -6.82. The summed E-state index contributed by atoms with van der Waals surface area (Å²) in [7, 11) is -5.07. The number of amides is 7. The van der Waals surface area contributed by atoms with Crippen LogP contribution in [0.15, 0.2) is 67.8 Å². The number of aryl methyl sites for hydroxylation is 2. The number of nitrogens with zero attached hydrogens (tertiary/aromatic N) is 5. The van der Waals surface area contributed by atoms with Crippen LogP contribution in [0.4, 0.5) is 0 Å². The number of primary amides is 6. The molecule has 30 heteroatoms. The second-order valence-corrected chi connectivity index (χ2v) is 28.7. The number of nitrogens with one attached hydrogen (secondary N) is 2. The van der Waals surface area contributed by atoms with Gasteiger partial charge in [0.2, 0.25) is 41.4 Å². The van der Waals surface area contributed by atoms with Crippen LogP contribution >= 0.6 is 7.82 Å². The van der Waals surface area contributed by atoms with Crippen molar-refractivity contribution in [2.24, 2.45) is 94.7 Å². The first-order valence-corrected chi connectivity index (χ1v) is 32.9. The van der Waals surface area contributed by atoms with E-state index in [2.05, 4.69) is 15.6 Å². The molecule has 94 heavy (non-hydrogen) atoms. The van der Waals surface area contributed by atoms with Crippen LogP contribution in [0.1, 0.15) is 157 Å². The van der Waals surface area contributed by atoms with E-state index in [4.69, 9.17) is 68.0 Å². The van der Waals surface area contributed by atoms with Gasteiger partial charge in [-0.2, -0.15) is 0 Å². The number of aliphatic imine (C=N–C) groups is 3. The Labute approximate surface area is 557 Å². The van der Waals surface area contributed by atoms with Gasteiger partial charge < -0.3 is 74.2 Å². The zero-order chi connectivity index (χ0) is 69.4. The average molecular weight is 1380 g/mol. The predicted molar refractivity (Wildman–Crippen MR) is 345 cm³/mol. The standard InChI is InChI=1S/C62H90N13O14P.C2H4O.Co/c1-29-20-39-40(21-30(29)2)75(28-70-39)57-52(84)53(41(27-76)87-57)89-90(85,86)88-31(3)26-69-49(83)18-19-59(8)37(22-46(66)80)56-62(11)61(10,25-48(68)82)36(14-17-45(65)79)51(74-62)33(5)55-60(9,24-47(67)81)34(12-15-43(63)77)38(71-55)23-42-58(6,7)35(13-16-44(64)78)50(72-42)32(4)54(59)73-56;1-2-3;/h20-21,23,28,31,34-37,41,52-53,56-57,71,76,84H,12-19,22,24-27H2,1-11H3,(H2,63,77)(H2,64,78)(H2,65,79)(H2,66,80)(H2,67,81)(H2,68,82)(H,69,83)(H,85,86);2H,1H3;/q;;+2/b38-23-,50-32-,55-33-;;/t31-,34-,35-,36-,37+,41-,52-,53-,56-,57+,59-,60+,61+,62+;;/m1../s1. The molecular formula is C64H94CoN13O15P+2. The fraction of sp³-hybridized carbons (Fsp3) is 0.625. The fourth-order valence-electron chi connectivity index (χ4n) is 15.4. The number of nitrogens with two attached hydrogens (primary N) is 6. The summed E-state index contributed by atoms with van der Waals surface area (Å²) in [4.78, 5) is 135. The van der Waals surface area contributed by atoms with Crippen molar-refractivity contribution in [3.63, 3.8) is 0 Å². The van der Waals surface area contributed by atoms with Gasteiger partial charge in [0.15, 0.2) is 6.23 Å². The number of rotatable bonds is 26. The molecule has 1 aromatic carbocycles. The van der Waals surface area contributed by atoms with Crippen molar-refractivity contribution in [1.29, 1.82) is 0 Å². The second kappa shape index (κ2) is 29.3. The van der Waals surface area contributed by atoms with Crippen molar-refractivity contribution >= 4 is 83.6 Å². The minimum Gasteiger partial charge on any atom is -0.394 e. The number of benzene rings is 1. The Bertz CT molecular complexity index is 3600. The Kier molecular flexibility index (Phi) is 23.7. The zero-order valence-corrected chi connectivity index (χ0v) is 57.5. The molecule has 8 bridgehead atoms. The maximum absolute atomic E-state index is 14.4. The number of aliphatic hydroxyl groups is 2. The molecule has 7 heterocycles. The summed E-state index contributed by atoms with van der Waals surface area (Å²) in [5.74, 6) is -7.18. The van der Waals surface area contributed by atoms with Crippen molar-refractivity contribution in [2.75, 3.05) is 13.2 Å². The van der Waals surface area contributed by atoms with Crippen LogP contribution < -0.4 is 45.0 Å². The number of imidazole rings is 1. The Morgan fingerprint density at radius 1 is 0.819 bits per heavy atom. The van der Waals surface area contributed by atoms with Gasteiger partial charge >= 0.3 is 24.6 Å². The molecule has 2 aromatic rings. The molecule has 17 N–H and O–H groups in total. The summed E-state index contributed by atoms with van der Waals surface area (Å²) in [6, 6.07) is 2.70. The van der Waals surface area contributed by atoms with E-state index in [1.165, 1.54) is 20.2 Å². The molecule has 1 unspecified atom stereocenters. The van der Waals surface area contributed by atoms with Gasteiger partial charge in [0, 0.05) is 131 Å². The number of hydrogen-bond acceptors (Lipinski definition) is 19. The average Bonchev–Trinajstić information content (AvgIpc) is 1.53. The number of ether oxygens (including phenoxy) is 1. The SMILES string of the molecule is C/C1=C2N=C(/C=C3\N/C(=C(/C)C4=N[C@@](C)([C@@H]5N=C1[C@](C)(CCC(=O)NC[C@@H](C)OP(=O)(O)O[C@H]1[C@@H](O)[C@@H](n6cnc7cc(C)c(C)cc76)O[C@@H]1CO)[C@H]5CC(N)=O)[C@@](C)(CC(N)=O)[C@@H]4CCC(N)=O)[C@@](C)(CC(N)=O)[C@@H]3CCC(N)=O)C(C)(C)[C@@H]/2CCC(N)=O.CC=O.[Co+2]. The maximum atomic E-state index is 14.4. The molecular weight excluding hydrogens is 1280 g/mol. The number of fused-ring (bicyclic) bond motifs is 7. The molecule has 28 nitrogen and oxygen atoms in total. The Balaban J connectivity index is 0.00000343. The van der Waals surface area contributed by atoms with Gasteiger partial charge in [0.05, 0.1) is 41.7 Å². The molecule has 15 atom stereocenters. The number of phosphoric ester groups is 1. The van der Waals surface area contributed by atoms with Crippen molar-refractivity contribution in [1.82, 2.24) is 20.2 Å². The van der Waals surface area contributed by atoms with Crippen molar-refractivity contribution < 1.29 is 88.6 Å². The number of carbonyl (C=O) groups excluding carboxylic acids is 8. The normalized spacial score (nSPS) is 32.9. The predicted octanol–water partition coefficient (Wildman–Crippen LogP) is 3.37. The van der Waals surface area contributed by atoms with Gasteiger partial charge in [-0.15, -0.1) is 0 Å². The van der Waals surface area contributed by atoms with Crippen LogP contribution in [-0.2, 0) is 73.5 Å². The summed E-state index contributed by atoms with van der Waals surface area (Å²) in [6.45, 7) is 20.7. The molecule has 0 saturated carbocycles. The number of phosphoric acid groups is 1. The molecule has 6 aliphatic rings. The molecule has 1 aromatic heterocycles. The summed E-state index contributed by atoms with van der Waals surface area (Å²) < 4.78 is 32.3. The monoisotopic (exact) mass is 1370 g/mol. The summed E-state index contributed by atoms with van der Waals surface area (Å²) in [5, 5.41) is 28.2. The van der Waals surface area contributed by atoms with Crippen molar-refractivity contribution in [3.05, 3.63) is 63.9 Å². The molecule has 2 fully saturated rings. The third-order valence-corrected chi connectivity index (χ3v) is 21.7. The third-order valence-electron chi connectivity index (χ3n) is 20.6. The van der Waals surface area contributed by atoms with Gasteiger partial charge in [-0.25, -0.2) is 9.55 Å². The van der Waals surface area contributed by atoms with Crippen LogP contribution in [-0.4, -0.2) is 139 Å². The van der Waals surface area contributed by atoms with Crippen LogP contribution in [0.2, 0.25) is 0 Å². The van der Waals surface area contributed by atoms with E-state index in [9.17, 15) is 53.2 Å². The Morgan fingerprint density at radius 3 is 1.96 bits per heavy atom. The van der Waals surface area contributed by atoms with E-state index in [0.717, 1.165) is 17.4 Å². The minimum absolute atomic E-state index is 0. The fourth-order valence-corrected chi connectivity index (χ4v) is 16.6. The molecule has 7 amide bonds. The van der Waals surface area contributed by atoms with Gasteiger partial charge in [0.25, 0.3) is 0 Å². The van der Waals surface area contributed by atoms with Crippen LogP contribution in [0.5, 0.6) is 0 Å². The van der Waals surface area contributed by atoms with Crippen LogP contribution in [0, 0.1) is 59.2 Å². The van der Waals surface area contributed by atoms with E-state index in [1.807, 2.05) is 87.4 Å². The smallest absolute Gasteiger partial charge is 0.394 e. The third kappa shape index (κ3) is 15.1. The first kappa shape index (κ1) is 76.2. The largest absolute Gasteiger partial charge is 2.00 e. The number of aldehydes is 1. The summed E-state index contributed by atoms with van der Waals surface area (Å²) >= 11 is 0. The van der Waals surface area contributed by atoms with Gasteiger partial charge in [-0.1, -0.05) is 34.6 Å². The minimum atomic E-state index is -5.07. The number of allylic oxidation sites excluding steroid dienone is 6. The number of hydrogen-bond donors (Lipinski definition) is 11. The first-order valence-electron chi connectivity index (χ1n) is 31.4. The summed E-state index contributed by atoms with van der Waals surface area (Å²) in [6.07, 6.45) is -3.51. The second-order valence-electron chi connectivity index (χ2n) is 27.3. The molecule has 8 rings (SSSR count). The van der Waals surface area contributed by atoms with E-state index >= 15 is 0 Å². The molecule has 2 saturated heterocycles. The van der Waals surface area contributed by atoms with Gasteiger partial charge in [-0.05, 0) is 115 Å². The van der Waals surface area contributed by atoms with Gasteiger partial charge in [0.1, 0.15) is 24.6 Å². The maximum Gasteiger partial charge on any atom is 2.00 e. The molecule has 0 spiro atoms. The van der Waals surface area contributed by atoms with Gasteiger partial charge in [-0.3, -0.25) is 57.6 Å². The first-order chi connectivity index (χ1) is 43.2. The molecule has 517 valence electrons.